The highest BCUT2D eigenvalue weighted by Gasteiger charge is 2.68. The molecule has 1 fully saturated rings. The van der Waals surface area contributed by atoms with Gasteiger partial charge >= 0.3 is 12.1 Å². The molecule has 0 amide bonds. The van der Waals surface area contributed by atoms with Crippen LogP contribution in [0.1, 0.15) is 22.8 Å². The molecule has 1 aliphatic rings. The number of rotatable bonds is 2. The van der Waals surface area contributed by atoms with Crippen molar-refractivity contribution in [2.24, 2.45) is 0 Å². The van der Waals surface area contributed by atoms with Gasteiger partial charge in [-0.2, -0.15) is 13.2 Å². The summed E-state index contributed by atoms with van der Waals surface area (Å²) in [6.45, 7) is 0. The number of thiophene rings is 1. The molecule has 1 aliphatic heterocycles. The average Bonchev–Trinajstić information content (AvgIpc) is 3.06. The summed E-state index contributed by atoms with van der Waals surface area (Å²) in [6.07, 6.45) is -4.95. The molecule has 1 aromatic carbocycles. The van der Waals surface area contributed by atoms with Gasteiger partial charge in [-0.15, -0.1) is 11.3 Å². The van der Waals surface area contributed by atoms with Crippen LogP contribution in [0.3, 0.4) is 0 Å². The molecule has 0 bridgehead atoms. The lowest BCUT2D eigenvalue weighted by Gasteiger charge is -2.34. The molecule has 1 saturated heterocycles. The minimum Gasteiger partial charge on any atom is -0.443 e. The van der Waals surface area contributed by atoms with E-state index in [2.05, 4.69) is 0 Å². The van der Waals surface area contributed by atoms with Gasteiger partial charge in [0.15, 0.2) is 0 Å². The molecular formula is C15H11F3O2S. The topological polar surface area (TPSA) is 26.3 Å². The van der Waals surface area contributed by atoms with Gasteiger partial charge in [0.2, 0.25) is 5.60 Å². The Morgan fingerprint density at radius 3 is 2.43 bits per heavy atom. The molecule has 2 aromatic rings. The minimum atomic E-state index is -4.68. The molecule has 2 nitrogen and oxygen atoms in total. The summed E-state index contributed by atoms with van der Waals surface area (Å²) < 4.78 is 46.3. The second kappa shape index (κ2) is 4.87. The zero-order valence-electron chi connectivity index (χ0n) is 10.8. The van der Waals surface area contributed by atoms with Crippen molar-refractivity contribution in [2.45, 2.75) is 24.1 Å². The molecule has 0 radical (unpaired) electrons. The third-order valence-corrected chi connectivity index (χ3v) is 4.63. The monoisotopic (exact) mass is 312 g/mol. The standard InChI is InChI=1S/C15H11F3O2S/c16-15(17,18)14(12-7-4-8-21-12)11(9-13(19)20-14)10-5-2-1-3-6-10/h1-8,11H,9H2/t11-,14+/m0/s1. The van der Waals surface area contributed by atoms with Gasteiger partial charge in [0.1, 0.15) is 0 Å². The summed E-state index contributed by atoms with van der Waals surface area (Å²) in [5.74, 6) is -1.89. The van der Waals surface area contributed by atoms with Crippen LogP contribution >= 0.6 is 11.3 Å². The lowest BCUT2D eigenvalue weighted by Crippen LogP contribution is -2.45. The maximum Gasteiger partial charge on any atom is 0.434 e. The van der Waals surface area contributed by atoms with Crippen LogP contribution in [0.25, 0.3) is 0 Å². The van der Waals surface area contributed by atoms with Crippen molar-refractivity contribution in [3.8, 4) is 0 Å². The van der Waals surface area contributed by atoms with Gasteiger partial charge in [0, 0.05) is 5.92 Å². The Morgan fingerprint density at radius 2 is 1.86 bits per heavy atom. The fraction of sp³-hybridized carbons (Fsp3) is 0.267. The first-order valence-corrected chi connectivity index (χ1v) is 7.20. The number of hydrogen-bond acceptors (Lipinski definition) is 3. The predicted molar refractivity (Wildman–Crippen MR) is 71.9 cm³/mol. The van der Waals surface area contributed by atoms with Crippen LogP contribution in [-0.2, 0) is 15.1 Å². The largest absolute Gasteiger partial charge is 0.443 e. The van der Waals surface area contributed by atoms with Crippen LogP contribution in [0.2, 0.25) is 0 Å². The molecule has 2 atom stereocenters. The molecule has 0 spiro atoms. The molecule has 0 N–H and O–H groups in total. The Labute approximate surface area is 123 Å². The Hall–Kier alpha value is -1.82. The van der Waals surface area contributed by atoms with Gasteiger partial charge in [-0.1, -0.05) is 36.4 Å². The smallest absolute Gasteiger partial charge is 0.434 e. The van der Waals surface area contributed by atoms with Gasteiger partial charge < -0.3 is 4.74 Å². The predicted octanol–water partition coefficient (Wildman–Crippen LogP) is 4.24. The normalized spacial score (nSPS) is 25.9. The zero-order chi connectivity index (χ0) is 15.1. The third-order valence-electron chi connectivity index (χ3n) is 3.65. The number of carbonyl (C=O) groups is 1. The number of carbonyl (C=O) groups excluding carboxylic acids is 1. The van der Waals surface area contributed by atoms with E-state index in [1.807, 2.05) is 0 Å². The van der Waals surface area contributed by atoms with Crippen molar-refractivity contribution in [3.63, 3.8) is 0 Å². The van der Waals surface area contributed by atoms with Crippen LogP contribution < -0.4 is 0 Å². The van der Waals surface area contributed by atoms with Crippen molar-refractivity contribution in [2.75, 3.05) is 0 Å². The van der Waals surface area contributed by atoms with Gasteiger partial charge in [0.05, 0.1) is 11.3 Å². The van der Waals surface area contributed by atoms with Crippen LogP contribution in [-0.4, -0.2) is 12.1 Å². The summed E-state index contributed by atoms with van der Waals surface area (Å²) >= 11 is 0.949. The first kappa shape index (κ1) is 14.1. The molecule has 3 rings (SSSR count). The minimum absolute atomic E-state index is 0.00898. The number of hydrogen-bond donors (Lipinski definition) is 0. The van der Waals surface area contributed by atoms with E-state index in [4.69, 9.17) is 4.74 Å². The molecular weight excluding hydrogens is 301 g/mol. The van der Waals surface area contributed by atoms with E-state index in [0.717, 1.165) is 11.3 Å². The summed E-state index contributed by atoms with van der Waals surface area (Å²) in [4.78, 5) is 11.7. The molecule has 6 heteroatoms. The van der Waals surface area contributed by atoms with Gasteiger partial charge in [0.25, 0.3) is 0 Å². The maximum atomic E-state index is 13.8. The van der Waals surface area contributed by atoms with Gasteiger partial charge in [-0.25, -0.2) is 0 Å². The zero-order valence-corrected chi connectivity index (χ0v) is 11.6. The Bertz CT molecular complexity index is 637. The summed E-state index contributed by atoms with van der Waals surface area (Å²) in [5.41, 5.74) is -2.13. The van der Waals surface area contributed by atoms with E-state index < -0.39 is 23.7 Å². The number of cyclic esters (lactones) is 1. The first-order chi connectivity index (χ1) is 9.95. The van der Waals surface area contributed by atoms with E-state index in [0.29, 0.717) is 5.56 Å². The number of halogens is 3. The van der Waals surface area contributed by atoms with E-state index in [1.165, 1.54) is 12.1 Å². The van der Waals surface area contributed by atoms with Crippen molar-refractivity contribution >= 4 is 17.3 Å². The Kier molecular flexibility index (Phi) is 3.28. The number of esters is 1. The highest BCUT2D eigenvalue weighted by Crippen LogP contribution is 2.57. The first-order valence-electron chi connectivity index (χ1n) is 6.32. The quantitative estimate of drug-likeness (QED) is 0.776. The lowest BCUT2D eigenvalue weighted by molar-refractivity contribution is -0.268. The highest BCUT2D eigenvalue weighted by molar-refractivity contribution is 7.10. The lowest BCUT2D eigenvalue weighted by atomic mass is 9.80. The van der Waals surface area contributed by atoms with Crippen molar-refractivity contribution in [3.05, 3.63) is 58.3 Å². The second-order valence-electron chi connectivity index (χ2n) is 4.85. The third kappa shape index (κ3) is 2.14. The summed E-state index contributed by atoms with van der Waals surface area (Å²) in [6, 6.07) is 11.1. The SMILES string of the molecule is O=C1C[C@@H](c2ccccc2)[C@@](c2cccs2)(C(F)(F)F)O1. The van der Waals surface area contributed by atoms with Crippen LogP contribution in [0.15, 0.2) is 47.8 Å². The fourth-order valence-corrected chi connectivity index (χ4v) is 3.68. The van der Waals surface area contributed by atoms with Gasteiger partial charge in [-0.3, -0.25) is 4.79 Å². The molecule has 2 heterocycles. The van der Waals surface area contributed by atoms with Crippen LogP contribution in [0, 0.1) is 0 Å². The summed E-state index contributed by atoms with van der Waals surface area (Å²) in [7, 11) is 0. The Morgan fingerprint density at radius 1 is 1.14 bits per heavy atom. The van der Waals surface area contributed by atoms with Crippen molar-refractivity contribution in [1.29, 1.82) is 0 Å². The second-order valence-corrected chi connectivity index (χ2v) is 5.80. The molecule has 110 valence electrons. The van der Waals surface area contributed by atoms with Crippen LogP contribution in [0.4, 0.5) is 13.2 Å². The van der Waals surface area contributed by atoms with Crippen LogP contribution in [0.5, 0.6) is 0 Å². The maximum absolute atomic E-state index is 13.8. The average molecular weight is 312 g/mol. The molecule has 0 unspecified atom stereocenters. The molecule has 1 aromatic heterocycles. The number of ether oxygens (including phenoxy) is 1. The van der Waals surface area contributed by atoms with E-state index in [9.17, 15) is 18.0 Å². The van der Waals surface area contributed by atoms with Crippen molar-refractivity contribution < 1.29 is 22.7 Å². The van der Waals surface area contributed by atoms with E-state index >= 15 is 0 Å². The number of alkyl halides is 3. The van der Waals surface area contributed by atoms with Crippen molar-refractivity contribution in [1.82, 2.24) is 0 Å². The van der Waals surface area contributed by atoms with E-state index in [1.54, 1.807) is 35.7 Å². The van der Waals surface area contributed by atoms with Gasteiger partial charge in [-0.05, 0) is 17.0 Å². The molecule has 0 saturated carbocycles. The Balaban J connectivity index is 2.20. The molecule has 0 aliphatic carbocycles. The van der Waals surface area contributed by atoms with E-state index in [-0.39, 0.29) is 11.3 Å². The highest BCUT2D eigenvalue weighted by atomic mass is 32.1. The number of benzene rings is 1. The fourth-order valence-electron chi connectivity index (χ4n) is 2.75. The summed E-state index contributed by atoms with van der Waals surface area (Å²) in [5, 5.41) is 1.55. The molecule has 21 heavy (non-hydrogen) atoms.